The Hall–Kier alpha value is -1.82. The number of pyridine rings is 1. The summed E-state index contributed by atoms with van der Waals surface area (Å²) >= 11 is 0. The minimum atomic E-state index is -0.811. The van der Waals surface area contributed by atoms with Gasteiger partial charge in [0.15, 0.2) is 0 Å². The number of carboxylic acids is 1. The predicted molar refractivity (Wildman–Crippen MR) is 93.2 cm³/mol. The highest BCUT2D eigenvalue weighted by molar-refractivity contribution is 5.84. The molecule has 0 amide bonds. The van der Waals surface area contributed by atoms with Crippen molar-refractivity contribution in [2.45, 2.75) is 51.0 Å². The average Bonchev–Trinajstić information content (AvgIpc) is 3.35. The molecule has 0 radical (unpaired) electrons. The largest absolute Gasteiger partial charge is 0.481 e. The summed E-state index contributed by atoms with van der Waals surface area (Å²) in [6.07, 6.45) is 3.24. The van der Waals surface area contributed by atoms with Gasteiger partial charge in [0.05, 0.1) is 11.4 Å². The Morgan fingerprint density at radius 1 is 1.42 bits per heavy atom. The summed E-state index contributed by atoms with van der Waals surface area (Å²) in [6, 6.07) is 4.20. The third kappa shape index (κ3) is 3.20. The van der Waals surface area contributed by atoms with Crippen LogP contribution in [0.1, 0.15) is 45.2 Å². The molecule has 6 nitrogen and oxygen atoms in total. The first-order valence-corrected chi connectivity index (χ1v) is 8.79. The number of anilines is 2. The van der Waals surface area contributed by atoms with E-state index in [1.807, 2.05) is 12.1 Å². The number of hydrogen-bond donors (Lipinski definition) is 2. The number of hydrogen-bond acceptors (Lipinski definition) is 5. The van der Waals surface area contributed by atoms with E-state index in [4.69, 9.17) is 10.5 Å². The minimum Gasteiger partial charge on any atom is -0.481 e. The highest BCUT2D eigenvalue weighted by Crippen LogP contribution is 2.48. The molecule has 1 saturated carbocycles. The number of nitrogens with two attached hydrogens (primary N) is 1. The van der Waals surface area contributed by atoms with Crippen LogP contribution in [0.25, 0.3) is 0 Å². The monoisotopic (exact) mass is 333 g/mol. The van der Waals surface area contributed by atoms with Crippen LogP contribution in [0.2, 0.25) is 0 Å². The van der Waals surface area contributed by atoms with Crippen molar-refractivity contribution in [1.82, 2.24) is 4.98 Å². The lowest BCUT2D eigenvalue weighted by molar-refractivity contribution is -0.140. The first-order valence-electron chi connectivity index (χ1n) is 8.79. The summed E-state index contributed by atoms with van der Waals surface area (Å²) in [6.45, 7) is 6.82. The molecule has 0 spiro atoms. The average molecular weight is 333 g/mol. The van der Waals surface area contributed by atoms with Crippen LogP contribution in [0.3, 0.4) is 0 Å². The molecule has 2 aliphatic rings. The van der Waals surface area contributed by atoms with Crippen LogP contribution in [0.4, 0.5) is 11.5 Å². The van der Waals surface area contributed by atoms with Crippen molar-refractivity contribution < 1.29 is 14.6 Å². The predicted octanol–water partition coefficient (Wildman–Crippen LogP) is 2.42. The van der Waals surface area contributed by atoms with E-state index in [9.17, 15) is 9.90 Å². The Morgan fingerprint density at radius 2 is 2.08 bits per heavy atom. The molecule has 3 N–H and O–H groups in total. The molecular formula is C18H27N3O3. The summed E-state index contributed by atoms with van der Waals surface area (Å²) in [5.74, 6) is 0.137. The van der Waals surface area contributed by atoms with E-state index < -0.39 is 11.4 Å². The van der Waals surface area contributed by atoms with Gasteiger partial charge in [0, 0.05) is 25.8 Å². The number of nitrogens with zero attached hydrogens (tertiary/aromatic N) is 2. The van der Waals surface area contributed by atoms with E-state index in [0.717, 1.165) is 38.3 Å². The van der Waals surface area contributed by atoms with Crippen molar-refractivity contribution in [3.05, 3.63) is 17.8 Å². The van der Waals surface area contributed by atoms with Crippen molar-refractivity contribution >= 4 is 17.5 Å². The molecule has 1 aliphatic heterocycles. The number of nitrogen functional groups attached to an aromatic ring is 1. The maximum Gasteiger partial charge on any atom is 0.315 e. The van der Waals surface area contributed by atoms with Gasteiger partial charge in [-0.15, -0.1) is 0 Å². The molecule has 0 atom stereocenters. The fraction of sp³-hybridized carbons (Fsp3) is 0.667. The summed E-state index contributed by atoms with van der Waals surface area (Å²) in [5, 5.41) is 9.44. The molecule has 0 aromatic carbocycles. The second-order valence-corrected chi connectivity index (χ2v) is 7.38. The molecule has 1 aliphatic carbocycles. The van der Waals surface area contributed by atoms with Gasteiger partial charge in [-0.3, -0.25) is 4.79 Å². The van der Waals surface area contributed by atoms with E-state index in [2.05, 4.69) is 23.7 Å². The number of carboxylic acid groups (broad SMARTS) is 1. The van der Waals surface area contributed by atoms with Gasteiger partial charge in [-0.2, -0.15) is 0 Å². The van der Waals surface area contributed by atoms with Gasteiger partial charge in [0.2, 0.25) is 0 Å². The van der Waals surface area contributed by atoms with Gasteiger partial charge >= 0.3 is 5.97 Å². The highest BCUT2D eigenvalue weighted by Gasteiger charge is 2.53. The Morgan fingerprint density at radius 3 is 2.58 bits per heavy atom. The number of rotatable bonds is 6. The Kier molecular flexibility index (Phi) is 4.67. The second-order valence-electron chi connectivity index (χ2n) is 7.38. The van der Waals surface area contributed by atoms with Crippen LogP contribution >= 0.6 is 0 Å². The van der Waals surface area contributed by atoms with Crippen molar-refractivity contribution in [3.63, 3.8) is 0 Å². The Labute approximate surface area is 143 Å². The molecule has 1 aromatic heterocycles. The van der Waals surface area contributed by atoms with E-state index in [-0.39, 0.29) is 0 Å². The SMILES string of the molecule is CC(C)CN(c1ccc(C2(C(=O)O)CC2)nc1N)C1CCOCC1. The van der Waals surface area contributed by atoms with E-state index in [0.29, 0.717) is 36.3 Å². The smallest absolute Gasteiger partial charge is 0.315 e. The van der Waals surface area contributed by atoms with Gasteiger partial charge in [-0.1, -0.05) is 13.8 Å². The molecule has 2 fully saturated rings. The molecule has 24 heavy (non-hydrogen) atoms. The first kappa shape index (κ1) is 17.0. The topological polar surface area (TPSA) is 88.7 Å². The summed E-state index contributed by atoms with van der Waals surface area (Å²) in [4.78, 5) is 18.3. The summed E-state index contributed by atoms with van der Waals surface area (Å²) in [5.41, 5.74) is 6.95. The van der Waals surface area contributed by atoms with E-state index in [1.165, 1.54) is 0 Å². The van der Waals surface area contributed by atoms with Gasteiger partial charge in [-0.25, -0.2) is 4.98 Å². The second kappa shape index (κ2) is 6.59. The maximum atomic E-state index is 11.5. The van der Waals surface area contributed by atoms with Crippen molar-refractivity contribution in [2.75, 3.05) is 30.4 Å². The normalized spacial score (nSPS) is 20.1. The highest BCUT2D eigenvalue weighted by atomic mass is 16.5. The van der Waals surface area contributed by atoms with Crippen molar-refractivity contribution in [1.29, 1.82) is 0 Å². The molecule has 6 heteroatoms. The first-order chi connectivity index (χ1) is 11.4. The number of ether oxygens (including phenoxy) is 1. The summed E-state index contributed by atoms with van der Waals surface area (Å²) < 4.78 is 5.48. The lowest BCUT2D eigenvalue weighted by Crippen LogP contribution is -2.42. The molecular weight excluding hydrogens is 306 g/mol. The molecule has 2 heterocycles. The zero-order valence-corrected chi connectivity index (χ0v) is 14.5. The lowest BCUT2D eigenvalue weighted by atomic mass is 10.0. The maximum absolute atomic E-state index is 11.5. The van der Waals surface area contributed by atoms with Gasteiger partial charge in [0.1, 0.15) is 11.2 Å². The van der Waals surface area contributed by atoms with E-state index in [1.54, 1.807) is 0 Å². The molecule has 0 bridgehead atoms. The van der Waals surface area contributed by atoms with Crippen molar-refractivity contribution in [2.24, 2.45) is 5.92 Å². The molecule has 1 saturated heterocycles. The third-order valence-corrected chi connectivity index (χ3v) is 5.05. The van der Waals surface area contributed by atoms with Crippen LogP contribution in [0.15, 0.2) is 12.1 Å². The quantitative estimate of drug-likeness (QED) is 0.831. The van der Waals surface area contributed by atoms with Crippen LogP contribution in [-0.2, 0) is 14.9 Å². The molecule has 1 aromatic rings. The molecule has 132 valence electrons. The third-order valence-electron chi connectivity index (χ3n) is 5.05. The number of carbonyl (C=O) groups is 1. The van der Waals surface area contributed by atoms with Crippen LogP contribution in [-0.4, -0.2) is 41.9 Å². The molecule has 3 rings (SSSR count). The number of aromatic nitrogens is 1. The zero-order chi connectivity index (χ0) is 17.3. The number of aliphatic carboxylic acids is 1. The standard InChI is InChI=1S/C18H27N3O3/c1-12(2)11-21(13-5-9-24-10-6-13)14-3-4-15(20-16(14)19)18(7-8-18)17(22)23/h3-4,12-13H,5-11H2,1-2H3,(H2,19,20)(H,22,23). The van der Waals surface area contributed by atoms with E-state index >= 15 is 0 Å². The van der Waals surface area contributed by atoms with Crippen LogP contribution in [0, 0.1) is 5.92 Å². The van der Waals surface area contributed by atoms with Gasteiger partial charge in [-0.05, 0) is 43.7 Å². The van der Waals surface area contributed by atoms with Crippen LogP contribution in [0.5, 0.6) is 0 Å². The summed E-state index contributed by atoms with van der Waals surface area (Å²) in [7, 11) is 0. The Balaban J connectivity index is 1.88. The fourth-order valence-corrected chi connectivity index (χ4v) is 3.52. The van der Waals surface area contributed by atoms with Gasteiger partial charge < -0.3 is 20.5 Å². The Bertz CT molecular complexity index is 608. The lowest BCUT2D eigenvalue weighted by Gasteiger charge is -2.37. The van der Waals surface area contributed by atoms with Crippen molar-refractivity contribution in [3.8, 4) is 0 Å². The minimum absolute atomic E-state index is 0.394. The van der Waals surface area contributed by atoms with Crippen LogP contribution < -0.4 is 10.6 Å². The van der Waals surface area contributed by atoms with Gasteiger partial charge in [0.25, 0.3) is 0 Å². The fourth-order valence-electron chi connectivity index (χ4n) is 3.52. The zero-order valence-electron chi connectivity index (χ0n) is 14.5. The molecule has 0 unspecified atom stereocenters.